The Bertz CT molecular complexity index is 1100. The number of amides is 6. The molecule has 0 aromatic rings. The number of urea groups is 1. The Morgan fingerprint density at radius 3 is 2.27 bits per heavy atom. The second kappa shape index (κ2) is 20.2. The van der Waals surface area contributed by atoms with Gasteiger partial charge in [-0.25, -0.2) is 9.69 Å². The van der Waals surface area contributed by atoms with Crippen molar-refractivity contribution in [1.82, 2.24) is 25.8 Å². The fourth-order valence-electron chi connectivity index (χ4n) is 4.15. The van der Waals surface area contributed by atoms with E-state index in [2.05, 4.69) is 22.5 Å². The number of carboxylic acid groups (broad SMARTS) is 1. The van der Waals surface area contributed by atoms with Gasteiger partial charge in [0, 0.05) is 57.0 Å². The molecule has 1 saturated heterocycles. The first-order chi connectivity index (χ1) is 20.2. The van der Waals surface area contributed by atoms with Crippen molar-refractivity contribution in [2.45, 2.75) is 77.5 Å². The Hall–Kier alpha value is -2.90. The third-order valence-electron chi connectivity index (χ3n) is 6.38. The SMILES string of the molecule is C=CCNC(=O)C(=O)C(CCC)NC(=O)C1CN(CC(=O)OCC)C(=O)N1C(=O)C(NC(=O)[C@@H]([NH-])CCC(=O)O)C(C)C.[Ac]. The zero-order valence-corrected chi connectivity index (χ0v) is 30.2. The fourth-order valence-corrected chi connectivity index (χ4v) is 4.15. The molecule has 0 aromatic carbocycles. The number of nitrogens with zero attached hydrogens (tertiary/aromatic N) is 2. The van der Waals surface area contributed by atoms with Crippen LogP contribution in [0.2, 0.25) is 0 Å². The summed E-state index contributed by atoms with van der Waals surface area (Å²) in [4.78, 5) is 103. The molecule has 44 heavy (non-hydrogen) atoms. The molecule has 0 bridgehead atoms. The zero-order chi connectivity index (χ0) is 32.9. The van der Waals surface area contributed by atoms with Gasteiger partial charge in [0.2, 0.25) is 17.6 Å². The molecule has 0 aliphatic carbocycles. The molecule has 1 rings (SSSR count). The summed E-state index contributed by atoms with van der Waals surface area (Å²) in [5.41, 5.74) is 7.92. The Kier molecular flexibility index (Phi) is 18.9. The van der Waals surface area contributed by atoms with Crippen molar-refractivity contribution >= 4 is 47.4 Å². The van der Waals surface area contributed by atoms with Crippen molar-refractivity contribution in [3.63, 3.8) is 0 Å². The van der Waals surface area contributed by atoms with Crippen LogP contribution in [0.1, 0.15) is 53.4 Å². The van der Waals surface area contributed by atoms with Crippen molar-refractivity contribution < 1.29 is 92.3 Å². The fraction of sp³-hybridized carbons (Fsp3) is 0.630. The first-order valence-corrected chi connectivity index (χ1v) is 13.9. The quantitative estimate of drug-likeness (QED) is 0.0805. The van der Waals surface area contributed by atoms with Crippen LogP contribution >= 0.6 is 0 Å². The smallest absolute Gasteiger partial charge is 0.328 e. The number of carbonyl (C=O) groups excluding carboxylic acids is 7. The number of carboxylic acids is 1. The van der Waals surface area contributed by atoms with E-state index in [1.54, 1.807) is 27.7 Å². The van der Waals surface area contributed by atoms with Crippen molar-refractivity contribution in [3.05, 3.63) is 18.4 Å². The maximum atomic E-state index is 13.7. The molecule has 1 aliphatic rings. The van der Waals surface area contributed by atoms with Gasteiger partial charge in [-0.1, -0.05) is 45.7 Å². The standard InChI is InChI=1S/C27H41N6O10.Ac/c1-6-9-17(22(37)25(40)29-12-7-2)30-24(39)18-13-32(14-20(36)43-8-3)27(42)33(18)26(41)21(15(4)5)31-23(38)16(28)10-11-19(34)35;/h7,15-18,21,28H,2,6,8-14H2,1,3-5H3,(H,29,40)(H,30,39)(H,31,38)(H,34,35);/q-1;/t16-,17?,18?,21?;/m0./s1. The van der Waals surface area contributed by atoms with E-state index in [1.807, 2.05) is 0 Å². The number of imide groups is 1. The number of Topliss-reactive ketones (excluding diaryl/α,β-unsaturated/α-hetero) is 1. The van der Waals surface area contributed by atoms with E-state index >= 15 is 0 Å². The number of esters is 1. The van der Waals surface area contributed by atoms with Crippen LogP contribution < -0.4 is 16.0 Å². The van der Waals surface area contributed by atoms with Crippen molar-refractivity contribution in [2.24, 2.45) is 5.92 Å². The molecule has 1 fully saturated rings. The second-order valence-corrected chi connectivity index (χ2v) is 10.1. The summed E-state index contributed by atoms with van der Waals surface area (Å²) in [5, 5.41) is 16.0. The van der Waals surface area contributed by atoms with Crippen LogP contribution in [-0.2, 0) is 38.3 Å². The predicted octanol–water partition coefficient (Wildman–Crippen LogP) is -0.235. The average molecular weight is 837 g/mol. The maximum Gasteiger partial charge on any atom is 0.328 e. The van der Waals surface area contributed by atoms with Gasteiger partial charge >= 0.3 is 18.0 Å². The van der Waals surface area contributed by atoms with Gasteiger partial charge in [0.05, 0.1) is 19.2 Å². The number of nitrogens with one attached hydrogen (secondary N) is 4. The van der Waals surface area contributed by atoms with Crippen LogP contribution in [-0.4, -0.2) is 113 Å². The number of carbonyl (C=O) groups is 8. The van der Waals surface area contributed by atoms with E-state index in [0.29, 0.717) is 11.3 Å². The predicted molar refractivity (Wildman–Crippen MR) is 151 cm³/mol. The van der Waals surface area contributed by atoms with Crippen molar-refractivity contribution in [2.75, 3.05) is 26.2 Å². The topological polar surface area (TPSA) is 232 Å². The molecule has 17 heteroatoms. The molecule has 0 saturated carbocycles. The number of hydrogen-bond donors (Lipinski definition) is 4. The monoisotopic (exact) mass is 836 g/mol. The first-order valence-electron chi connectivity index (χ1n) is 13.9. The van der Waals surface area contributed by atoms with Gasteiger partial charge < -0.3 is 36.4 Å². The van der Waals surface area contributed by atoms with Gasteiger partial charge in [-0.05, 0) is 19.3 Å². The van der Waals surface area contributed by atoms with Crippen LogP contribution in [0.15, 0.2) is 12.7 Å². The average Bonchev–Trinajstić information content (AvgIpc) is 3.27. The normalized spacial score (nSPS) is 16.2. The van der Waals surface area contributed by atoms with Crippen molar-refractivity contribution in [1.29, 1.82) is 0 Å². The Balaban J connectivity index is 0.0000185. The third kappa shape index (κ3) is 12.2. The summed E-state index contributed by atoms with van der Waals surface area (Å²) in [6.07, 6.45) is 1.04. The van der Waals surface area contributed by atoms with Crippen LogP contribution in [0, 0.1) is 50.0 Å². The number of aliphatic carboxylic acids is 1. The molecule has 1 aliphatic heterocycles. The Labute approximate surface area is 291 Å². The van der Waals surface area contributed by atoms with Crippen molar-refractivity contribution in [3.8, 4) is 0 Å². The molecular formula is C27H41AcN6O10-. The molecule has 3 unspecified atom stereocenters. The second-order valence-electron chi connectivity index (χ2n) is 10.1. The van der Waals surface area contributed by atoms with E-state index in [0.717, 1.165) is 4.90 Å². The van der Waals surface area contributed by atoms with Crippen LogP contribution in [0.5, 0.6) is 0 Å². The Morgan fingerprint density at radius 1 is 1.11 bits per heavy atom. The summed E-state index contributed by atoms with van der Waals surface area (Å²) in [7, 11) is 0. The summed E-state index contributed by atoms with van der Waals surface area (Å²) in [5.74, 6) is -7.50. The Morgan fingerprint density at radius 2 is 1.75 bits per heavy atom. The minimum absolute atomic E-state index is 0. The molecule has 4 atom stereocenters. The molecule has 6 amide bonds. The van der Waals surface area contributed by atoms with Gasteiger partial charge in [-0.15, -0.1) is 6.58 Å². The minimum atomic E-state index is -1.56. The van der Waals surface area contributed by atoms with Gasteiger partial charge in [0.15, 0.2) is 0 Å². The molecule has 16 nitrogen and oxygen atoms in total. The minimum Gasteiger partial charge on any atom is -0.667 e. The van der Waals surface area contributed by atoms with E-state index < -0.39 is 97.0 Å². The molecule has 0 spiro atoms. The van der Waals surface area contributed by atoms with E-state index in [4.69, 9.17) is 15.6 Å². The molecule has 5 N–H and O–H groups in total. The molecule has 0 aromatic heterocycles. The molecule has 243 valence electrons. The molecule has 1 heterocycles. The summed E-state index contributed by atoms with van der Waals surface area (Å²) < 4.78 is 4.88. The largest absolute Gasteiger partial charge is 0.667 e. The summed E-state index contributed by atoms with van der Waals surface area (Å²) in [6.45, 7) is 8.79. The van der Waals surface area contributed by atoms with Crippen LogP contribution in [0.25, 0.3) is 5.73 Å². The number of ether oxygens (including phenoxy) is 1. The molecule has 1 radical (unpaired) electrons. The van der Waals surface area contributed by atoms with E-state index in [-0.39, 0.29) is 70.1 Å². The van der Waals surface area contributed by atoms with Crippen LogP contribution in [0.3, 0.4) is 0 Å². The van der Waals surface area contributed by atoms with Gasteiger partial charge in [-0.3, -0.25) is 33.6 Å². The van der Waals surface area contributed by atoms with E-state index in [9.17, 15) is 38.4 Å². The number of hydrogen-bond acceptors (Lipinski definition) is 9. The number of ketones is 1. The maximum absolute atomic E-state index is 13.7. The first kappa shape index (κ1) is 41.1. The van der Waals surface area contributed by atoms with Crippen LogP contribution in [0.4, 0.5) is 4.79 Å². The van der Waals surface area contributed by atoms with Gasteiger partial charge in [0.25, 0.3) is 11.8 Å². The third-order valence-corrected chi connectivity index (χ3v) is 6.38. The zero-order valence-electron chi connectivity index (χ0n) is 25.4. The summed E-state index contributed by atoms with van der Waals surface area (Å²) >= 11 is 0. The number of rotatable bonds is 18. The molecular weight excluding hydrogens is 795 g/mol. The van der Waals surface area contributed by atoms with E-state index in [1.165, 1.54) is 6.08 Å². The summed E-state index contributed by atoms with van der Waals surface area (Å²) in [6, 6.07) is -6.81. The van der Waals surface area contributed by atoms with Gasteiger partial charge in [0.1, 0.15) is 18.6 Å². The van der Waals surface area contributed by atoms with Gasteiger partial charge in [-0.2, -0.15) is 0 Å².